The fourth-order valence-corrected chi connectivity index (χ4v) is 2.87. The van der Waals surface area contributed by atoms with Crippen molar-refractivity contribution in [3.8, 4) is 0 Å². The van der Waals surface area contributed by atoms with Crippen LogP contribution in [0.25, 0.3) is 0 Å². The Balaban J connectivity index is 1.95. The first-order valence-electron chi connectivity index (χ1n) is 6.99. The Morgan fingerprint density at radius 2 is 1.67 bits per heavy atom. The van der Waals surface area contributed by atoms with Crippen LogP contribution in [0, 0.1) is 17.8 Å². The van der Waals surface area contributed by atoms with E-state index in [4.69, 9.17) is 0 Å². The Bertz CT molecular complexity index is 343. The van der Waals surface area contributed by atoms with Crippen LogP contribution in [0.2, 0.25) is 0 Å². The van der Waals surface area contributed by atoms with Gasteiger partial charge in [0.15, 0.2) is 0 Å². The van der Waals surface area contributed by atoms with Gasteiger partial charge in [0.1, 0.15) is 5.54 Å². The fourth-order valence-electron chi connectivity index (χ4n) is 2.87. The molecular formula is C14H23NO3. The van der Waals surface area contributed by atoms with Crippen LogP contribution in [0.15, 0.2) is 0 Å². The second-order valence-electron chi connectivity index (χ2n) is 6.23. The van der Waals surface area contributed by atoms with E-state index in [0.29, 0.717) is 5.92 Å². The third-order valence-corrected chi connectivity index (χ3v) is 4.61. The highest BCUT2D eigenvalue weighted by Gasteiger charge is 2.49. The highest BCUT2D eigenvalue weighted by Crippen LogP contribution is 2.40. The molecule has 0 spiro atoms. The normalized spacial score (nSPS) is 31.4. The van der Waals surface area contributed by atoms with E-state index < -0.39 is 11.5 Å². The fraction of sp³-hybridized carbons (Fsp3) is 0.857. The number of nitrogens with one attached hydrogen (secondary N) is 1. The summed E-state index contributed by atoms with van der Waals surface area (Å²) in [7, 11) is 0. The number of aliphatic carboxylic acids is 1. The molecule has 2 aliphatic rings. The van der Waals surface area contributed by atoms with Gasteiger partial charge in [0, 0.05) is 5.92 Å². The molecule has 0 aromatic heterocycles. The van der Waals surface area contributed by atoms with E-state index in [1.807, 2.05) is 0 Å². The van der Waals surface area contributed by atoms with Crippen molar-refractivity contribution in [2.75, 3.05) is 0 Å². The third-order valence-electron chi connectivity index (χ3n) is 4.61. The number of carbonyl (C=O) groups is 2. The maximum Gasteiger partial charge on any atom is 0.329 e. The zero-order valence-electron chi connectivity index (χ0n) is 11.2. The van der Waals surface area contributed by atoms with Gasteiger partial charge < -0.3 is 10.4 Å². The lowest BCUT2D eigenvalue weighted by molar-refractivity contribution is -0.148. The number of carbonyl (C=O) groups excluding carboxylic acids is 1. The smallest absolute Gasteiger partial charge is 0.329 e. The molecule has 0 bridgehead atoms. The van der Waals surface area contributed by atoms with Gasteiger partial charge in [0.05, 0.1) is 0 Å². The van der Waals surface area contributed by atoms with E-state index in [2.05, 4.69) is 12.2 Å². The molecule has 2 rings (SSSR count). The predicted molar refractivity (Wildman–Crippen MR) is 68.0 cm³/mol. The quantitative estimate of drug-likeness (QED) is 0.807. The molecular weight excluding hydrogens is 230 g/mol. The number of amides is 1. The van der Waals surface area contributed by atoms with Crippen molar-refractivity contribution in [1.29, 1.82) is 0 Å². The van der Waals surface area contributed by atoms with Crippen LogP contribution >= 0.6 is 0 Å². The summed E-state index contributed by atoms with van der Waals surface area (Å²) < 4.78 is 0. The van der Waals surface area contributed by atoms with Gasteiger partial charge in [-0.15, -0.1) is 0 Å². The topological polar surface area (TPSA) is 66.4 Å². The first kappa shape index (κ1) is 13.4. The average molecular weight is 253 g/mol. The molecule has 0 saturated heterocycles. The van der Waals surface area contributed by atoms with Crippen LogP contribution in [0.5, 0.6) is 0 Å². The Morgan fingerprint density at radius 3 is 2.11 bits per heavy atom. The number of carboxylic acid groups (broad SMARTS) is 1. The molecule has 0 aromatic carbocycles. The van der Waals surface area contributed by atoms with Crippen LogP contribution in [-0.2, 0) is 9.59 Å². The molecule has 0 aliphatic heterocycles. The van der Waals surface area contributed by atoms with E-state index in [1.54, 1.807) is 6.92 Å². The molecule has 102 valence electrons. The molecule has 0 radical (unpaired) electrons. The van der Waals surface area contributed by atoms with Crippen LogP contribution in [0.1, 0.15) is 52.4 Å². The monoisotopic (exact) mass is 253 g/mol. The minimum absolute atomic E-state index is 0.0126. The summed E-state index contributed by atoms with van der Waals surface area (Å²) in [6.45, 7) is 3.86. The maximum absolute atomic E-state index is 12.2. The highest BCUT2D eigenvalue weighted by molar-refractivity contribution is 5.88. The van der Waals surface area contributed by atoms with Crippen LogP contribution in [-0.4, -0.2) is 22.5 Å². The van der Waals surface area contributed by atoms with Gasteiger partial charge in [-0.2, -0.15) is 0 Å². The summed E-state index contributed by atoms with van der Waals surface area (Å²) in [4.78, 5) is 23.5. The second kappa shape index (κ2) is 4.90. The van der Waals surface area contributed by atoms with E-state index in [9.17, 15) is 14.7 Å². The maximum atomic E-state index is 12.2. The van der Waals surface area contributed by atoms with Crippen molar-refractivity contribution in [1.82, 2.24) is 5.32 Å². The zero-order valence-corrected chi connectivity index (χ0v) is 11.2. The molecule has 2 saturated carbocycles. The van der Waals surface area contributed by atoms with Gasteiger partial charge in [-0.25, -0.2) is 4.79 Å². The van der Waals surface area contributed by atoms with Gasteiger partial charge in [0.25, 0.3) is 0 Å². The summed E-state index contributed by atoms with van der Waals surface area (Å²) in [6, 6.07) is 0. The molecule has 2 fully saturated rings. The molecule has 1 unspecified atom stereocenters. The summed E-state index contributed by atoms with van der Waals surface area (Å²) in [5.74, 6) is -0.135. The van der Waals surface area contributed by atoms with Crippen molar-refractivity contribution in [2.24, 2.45) is 17.8 Å². The van der Waals surface area contributed by atoms with Gasteiger partial charge >= 0.3 is 5.97 Å². The molecule has 4 nitrogen and oxygen atoms in total. The minimum Gasteiger partial charge on any atom is -0.480 e. The lowest BCUT2D eigenvalue weighted by Crippen LogP contribution is -2.55. The Morgan fingerprint density at radius 1 is 1.11 bits per heavy atom. The van der Waals surface area contributed by atoms with Crippen molar-refractivity contribution < 1.29 is 14.7 Å². The Hall–Kier alpha value is -1.06. The van der Waals surface area contributed by atoms with E-state index in [1.165, 1.54) is 0 Å². The van der Waals surface area contributed by atoms with E-state index in [0.717, 1.165) is 38.5 Å². The third kappa shape index (κ3) is 2.68. The number of carboxylic acids is 1. The molecule has 1 atom stereocenters. The largest absolute Gasteiger partial charge is 0.480 e. The van der Waals surface area contributed by atoms with Gasteiger partial charge in [-0.1, -0.05) is 6.92 Å². The molecule has 0 aromatic rings. The average Bonchev–Trinajstić information content (AvgIpc) is 3.13. The standard InChI is InChI=1S/C14H23NO3/c1-9-3-5-10(6-4-9)12(16)15-14(2,13(17)18)11-7-8-11/h9-11H,3-8H2,1-2H3,(H,15,16)(H,17,18). The van der Waals surface area contributed by atoms with Crippen molar-refractivity contribution in [3.05, 3.63) is 0 Å². The SMILES string of the molecule is CC1CCC(C(=O)NC(C)(C(=O)O)C2CC2)CC1. The Kier molecular flexibility index (Phi) is 3.64. The number of hydrogen-bond acceptors (Lipinski definition) is 2. The molecule has 4 heteroatoms. The summed E-state index contributed by atoms with van der Waals surface area (Å²) in [5.41, 5.74) is -1.06. The van der Waals surface area contributed by atoms with Crippen LogP contribution < -0.4 is 5.32 Å². The summed E-state index contributed by atoms with van der Waals surface area (Å²) in [6.07, 6.45) is 5.76. The zero-order chi connectivity index (χ0) is 13.3. The van der Waals surface area contributed by atoms with Crippen molar-refractivity contribution in [3.63, 3.8) is 0 Å². The summed E-state index contributed by atoms with van der Waals surface area (Å²) in [5, 5.41) is 12.1. The van der Waals surface area contributed by atoms with Crippen LogP contribution in [0.3, 0.4) is 0 Å². The molecule has 0 heterocycles. The van der Waals surface area contributed by atoms with Gasteiger partial charge in [-0.05, 0) is 57.3 Å². The predicted octanol–water partition coefficient (Wildman–Crippen LogP) is 2.18. The first-order valence-corrected chi connectivity index (χ1v) is 6.99. The van der Waals surface area contributed by atoms with Crippen LogP contribution in [0.4, 0.5) is 0 Å². The minimum atomic E-state index is -1.06. The first-order chi connectivity index (χ1) is 8.43. The summed E-state index contributed by atoms with van der Waals surface area (Å²) >= 11 is 0. The lowest BCUT2D eigenvalue weighted by Gasteiger charge is -2.31. The Labute approximate surface area is 108 Å². The van der Waals surface area contributed by atoms with Crippen molar-refractivity contribution >= 4 is 11.9 Å². The van der Waals surface area contributed by atoms with E-state index in [-0.39, 0.29) is 17.7 Å². The molecule has 18 heavy (non-hydrogen) atoms. The van der Waals surface area contributed by atoms with Gasteiger partial charge in [-0.3, -0.25) is 4.79 Å². The molecule has 2 aliphatic carbocycles. The molecule has 1 amide bonds. The van der Waals surface area contributed by atoms with Gasteiger partial charge in [0.2, 0.25) is 5.91 Å². The second-order valence-corrected chi connectivity index (χ2v) is 6.23. The van der Waals surface area contributed by atoms with Crippen molar-refractivity contribution in [2.45, 2.75) is 57.9 Å². The highest BCUT2D eigenvalue weighted by atomic mass is 16.4. The lowest BCUT2D eigenvalue weighted by atomic mass is 9.82. The molecule has 2 N–H and O–H groups in total. The number of rotatable bonds is 4. The number of hydrogen-bond donors (Lipinski definition) is 2. The van der Waals surface area contributed by atoms with E-state index >= 15 is 0 Å².